The molecule has 2 aromatic heterocycles. The minimum atomic E-state index is -0.771. The van der Waals surface area contributed by atoms with Gasteiger partial charge in [0.2, 0.25) is 5.91 Å². The summed E-state index contributed by atoms with van der Waals surface area (Å²) < 4.78 is 1.73. The van der Waals surface area contributed by atoms with E-state index in [1.54, 1.807) is 23.2 Å². The fraction of sp³-hybridized carbons (Fsp3) is 0.364. The highest BCUT2D eigenvalue weighted by Crippen LogP contribution is 2.30. The number of carbonyl (C=O) groups excluding carboxylic acids is 1. The molecule has 2 heterocycles. The van der Waals surface area contributed by atoms with Gasteiger partial charge in [0.05, 0.1) is 12.1 Å². The first-order chi connectivity index (χ1) is 13.9. The summed E-state index contributed by atoms with van der Waals surface area (Å²) in [5, 5.41) is 16.2. The smallest absolute Gasteiger partial charge is 0.306 e. The summed E-state index contributed by atoms with van der Waals surface area (Å²) in [4.78, 5) is 28.0. The molecule has 1 amide bonds. The number of nitrogens with zero attached hydrogens (tertiary/aromatic N) is 3. The number of carboxylic acids is 1. The van der Waals surface area contributed by atoms with Gasteiger partial charge < -0.3 is 10.4 Å². The van der Waals surface area contributed by atoms with Crippen molar-refractivity contribution in [3.05, 3.63) is 54.0 Å². The van der Waals surface area contributed by atoms with E-state index in [0.717, 1.165) is 22.3 Å². The van der Waals surface area contributed by atoms with Crippen LogP contribution in [-0.4, -0.2) is 31.7 Å². The lowest BCUT2D eigenvalue weighted by Gasteiger charge is -2.25. The van der Waals surface area contributed by atoms with Crippen molar-refractivity contribution in [2.24, 2.45) is 18.9 Å². The zero-order chi connectivity index (χ0) is 21.0. The van der Waals surface area contributed by atoms with Gasteiger partial charge in [0.25, 0.3) is 0 Å². The van der Waals surface area contributed by atoms with Gasteiger partial charge in [-0.05, 0) is 61.4 Å². The highest BCUT2D eigenvalue weighted by Gasteiger charge is 2.29. The number of anilines is 1. The van der Waals surface area contributed by atoms with Crippen LogP contribution in [0.15, 0.2) is 37.3 Å². The normalized spacial score (nSPS) is 19.6. The summed E-state index contributed by atoms with van der Waals surface area (Å²) in [5.74, 6) is -0.893. The van der Waals surface area contributed by atoms with E-state index in [1.807, 2.05) is 32.3 Å². The van der Waals surface area contributed by atoms with Gasteiger partial charge in [-0.15, -0.1) is 0 Å². The number of carbonyl (C=O) groups is 2. The molecule has 3 rings (SSSR count). The third-order valence-corrected chi connectivity index (χ3v) is 5.41. The molecule has 1 aliphatic rings. The van der Waals surface area contributed by atoms with E-state index >= 15 is 0 Å². The van der Waals surface area contributed by atoms with Crippen LogP contribution in [0, 0.1) is 18.8 Å². The largest absolute Gasteiger partial charge is 0.481 e. The highest BCUT2D eigenvalue weighted by atomic mass is 16.4. The fourth-order valence-electron chi connectivity index (χ4n) is 3.59. The minimum absolute atomic E-state index is 0.101. The predicted octanol–water partition coefficient (Wildman–Crippen LogP) is 3.68. The molecule has 29 heavy (non-hydrogen) atoms. The number of hydrogen-bond donors (Lipinski definition) is 2. The standard InChI is InChI=1S/C22H26N4O3/c1-4-15(19-12-24-26(3)13-19)9-18-10-20(23-11-14(18)2)25-21(27)16-5-7-17(8-6-16)22(28)29/h4,9-13,16-17H,1,5-8H2,2-3H3,(H,28,29)(H,23,25,27)/b15-9+/t16-,17-. The van der Waals surface area contributed by atoms with Crippen LogP contribution in [0.25, 0.3) is 11.6 Å². The zero-order valence-corrected chi connectivity index (χ0v) is 16.8. The summed E-state index contributed by atoms with van der Waals surface area (Å²) in [5.41, 5.74) is 3.80. The van der Waals surface area contributed by atoms with Gasteiger partial charge in [0.1, 0.15) is 5.82 Å². The first-order valence-corrected chi connectivity index (χ1v) is 9.71. The number of nitrogens with one attached hydrogen (secondary N) is 1. The zero-order valence-electron chi connectivity index (χ0n) is 16.8. The van der Waals surface area contributed by atoms with Gasteiger partial charge in [-0.25, -0.2) is 4.98 Å². The lowest BCUT2D eigenvalue weighted by Crippen LogP contribution is -2.29. The number of aliphatic carboxylic acids is 1. The molecule has 152 valence electrons. The molecule has 0 radical (unpaired) electrons. The molecule has 0 spiro atoms. The van der Waals surface area contributed by atoms with E-state index in [4.69, 9.17) is 5.11 Å². The Bertz CT molecular complexity index is 953. The summed E-state index contributed by atoms with van der Waals surface area (Å²) in [6.07, 6.45) is 11.4. The number of rotatable bonds is 6. The molecule has 0 aliphatic heterocycles. The second-order valence-corrected chi connectivity index (χ2v) is 7.51. The summed E-state index contributed by atoms with van der Waals surface area (Å²) in [6, 6.07) is 1.84. The van der Waals surface area contributed by atoms with Gasteiger partial charge in [0, 0.05) is 30.9 Å². The summed E-state index contributed by atoms with van der Waals surface area (Å²) in [6.45, 7) is 5.85. The van der Waals surface area contributed by atoms with Crippen molar-refractivity contribution in [2.75, 3.05) is 5.32 Å². The van der Waals surface area contributed by atoms with E-state index in [9.17, 15) is 9.59 Å². The minimum Gasteiger partial charge on any atom is -0.481 e. The van der Waals surface area contributed by atoms with Crippen molar-refractivity contribution < 1.29 is 14.7 Å². The maximum absolute atomic E-state index is 12.6. The SMILES string of the molecule is C=C/C(=C\c1cc(NC(=O)[C@H]2CC[C@H](C(=O)O)CC2)ncc1C)c1cnn(C)c1. The van der Waals surface area contributed by atoms with Crippen molar-refractivity contribution in [1.82, 2.24) is 14.8 Å². The molecule has 2 aromatic rings. The molecule has 0 atom stereocenters. The van der Waals surface area contributed by atoms with Crippen LogP contribution in [0.2, 0.25) is 0 Å². The molecular weight excluding hydrogens is 368 g/mol. The molecule has 0 saturated heterocycles. The lowest BCUT2D eigenvalue weighted by molar-refractivity contribution is -0.143. The number of allylic oxidation sites excluding steroid dienone is 2. The second kappa shape index (κ2) is 8.86. The van der Waals surface area contributed by atoms with Crippen molar-refractivity contribution in [3.8, 4) is 0 Å². The Morgan fingerprint density at radius 2 is 1.93 bits per heavy atom. The van der Waals surface area contributed by atoms with E-state index in [2.05, 4.69) is 22.0 Å². The average molecular weight is 394 g/mol. The summed E-state index contributed by atoms with van der Waals surface area (Å²) in [7, 11) is 1.86. The van der Waals surface area contributed by atoms with Crippen LogP contribution >= 0.6 is 0 Å². The molecule has 0 aromatic carbocycles. The molecule has 1 fully saturated rings. The van der Waals surface area contributed by atoms with Gasteiger partial charge in [0.15, 0.2) is 0 Å². The molecule has 7 heteroatoms. The maximum atomic E-state index is 12.6. The van der Waals surface area contributed by atoms with Crippen molar-refractivity contribution >= 4 is 29.3 Å². The number of carboxylic acid groups (broad SMARTS) is 1. The van der Waals surface area contributed by atoms with Gasteiger partial charge >= 0.3 is 5.97 Å². The maximum Gasteiger partial charge on any atom is 0.306 e. The quantitative estimate of drug-likeness (QED) is 0.729. The first kappa shape index (κ1) is 20.5. The number of aromatic nitrogens is 3. The van der Waals surface area contributed by atoms with E-state index in [-0.39, 0.29) is 17.7 Å². The molecule has 0 bridgehead atoms. The van der Waals surface area contributed by atoms with Gasteiger partial charge in [-0.1, -0.05) is 12.7 Å². The van der Waals surface area contributed by atoms with Crippen LogP contribution in [0.3, 0.4) is 0 Å². The van der Waals surface area contributed by atoms with Crippen LogP contribution in [-0.2, 0) is 16.6 Å². The second-order valence-electron chi connectivity index (χ2n) is 7.51. The topological polar surface area (TPSA) is 97.1 Å². The Hall–Kier alpha value is -3.22. The average Bonchev–Trinajstić information content (AvgIpc) is 3.14. The Labute approximate surface area is 170 Å². The Kier molecular flexibility index (Phi) is 6.26. The van der Waals surface area contributed by atoms with Crippen LogP contribution in [0.1, 0.15) is 42.4 Å². The van der Waals surface area contributed by atoms with Crippen LogP contribution in [0.4, 0.5) is 5.82 Å². The molecule has 1 aliphatic carbocycles. The third-order valence-electron chi connectivity index (χ3n) is 5.41. The molecular formula is C22H26N4O3. The lowest BCUT2D eigenvalue weighted by atomic mass is 9.81. The van der Waals surface area contributed by atoms with Crippen LogP contribution in [0.5, 0.6) is 0 Å². The number of pyridine rings is 1. The molecule has 2 N–H and O–H groups in total. The number of amides is 1. The Balaban J connectivity index is 1.73. The molecule has 0 unspecified atom stereocenters. The Morgan fingerprint density at radius 3 is 2.52 bits per heavy atom. The summed E-state index contributed by atoms with van der Waals surface area (Å²) >= 11 is 0. The predicted molar refractivity (Wildman–Crippen MR) is 112 cm³/mol. The van der Waals surface area contributed by atoms with Crippen LogP contribution < -0.4 is 5.32 Å². The Morgan fingerprint density at radius 1 is 1.24 bits per heavy atom. The van der Waals surface area contributed by atoms with Crippen molar-refractivity contribution in [1.29, 1.82) is 0 Å². The highest BCUT2D eigenvalue weighted by molar-refractivity contribution is 5.93. The van der Waals surface area contributed by atoms with Gasteiger partial charge in [-0.3, -0.25) is 14.3 Å². The molecule has 1 saturated carbocycles. The first-order valence-electron chi connectivity index (χ1n) is 9.71. The monoisotopic (exact) mass is 394 g/mol. The van der Waals surface area contributed by atoms with Crippen molar-refractivity contribution in [3.63, 3.8) is 0 Å². The number of hydrogen-bond acceptors (Lipinski definition) is 4. The van der Waals surface area contributed by atoms with Crippen molar-refractivity contribution in [2.45, 2.75) is 32.6 Å². The van der Waals surface area contributed by atoms with E-state index < -0.39 is 5.97 Å². The molecule has 7 nitrogen and oxygen atoms in total. The van der Waals surface area contributed by atoms with Gasteiger partial charge in [-0.2, -0.15) is 5.10 Å². The fourth-order valence-corrected chi connectivity index (χ4v) is 3.59. The van der Waals surface area contributed by atoms with E-state index in [0.29, 0.717) is 31.5 Å². The number of aryl methyl sites for hydroxylation is 2. The third kappa shape index (κ3) is 4.99. The van der Waals surface area contributed by atoms with E-state index in [1.165, 1.54) is 0 Å².